The van der Waals surface area contributed by atoms with E-state index in [1.54, 1.807) is 0 Å². The topological polar surface area (TPSA) is 69.6 Å². The molecule has 0 radical (unpaired) electrons. The third-order valence-electron chi connectivity index (χ3n) is 5.85. The van der Waals surface area contributed by atoms with Crippen molar-refractivity contribution in [3.8, 4) is 0 Å². The van der Waals surface area contributed by atoms with E-state index in [4.69, 9.17) is 5.11 Å². The molecule has 25 heavy (non-hydrogen) atoms. The fraction of sp³-hybridized carbons (Fsp3) is 0.950. The van der Waals surface area contributed by atoms with E-state index in [2.05, 4.69) is 5.32 Å². The highest BCUT2D eigenvalue weighted by molar-refractivity contribution is 7.99. The summed E-state index contributed by atoms with van der Waals surface area (Å²) >= 11 is 1.40. The van der Waals surface area contributed by atoms with Crippen LogP contribution in [0.4, 0.5) is 0 Å². The molecule has 2 aliphatic carbocycles. The maximum Gasteiger partial charge on any atom is 0.313 e. The Hall–Kier alpha value is -0.260. The number of aliphatic carboxylic acids is 1. The zero-order valence-corrected chi connectivity index (χ0v) is 16.4. The van der Waals surface area contributed by atoms with Crippen LogP contribution in [0, 0.1) is 17.8 Å². The second kappa shape index (κ2) is 12.2. The molecule has 4 nitrogen and oxygen atoms in total. The molecule has 0 aliphatic heterocycles. The molecule has 0 amide bonds. The molecule has 2 fully saturated rings. The Kier molecular flexibility index (Phi) is 10.3. The Balaban J connectivity index is 1.61. The first-order valence-corrected chi connectivity index (χ1v) is 11.5. The largest absolute Gasteiger partial charge is 0.481 e. The number of carboxylic acid groups (broad SMARTS) is 1. The summed E-state index contributed by atoms with van der Waals surface area (Å²) in [4.78, 5) is 10.5. The van der Waals surface area contributed by atoms with Crippen LogP contribution >= 0.6 is 11.8 Å². The van der Waals surface area contributed by atoms with E-state index in [1.807, 2.05) is 0 Å². The average Bonchev–Trinajstić information content (AvgIpc) is 3.31. The number of aliphatic hydroxyl groups is 1. The maximum absolute atomic E-state index is 10.5. The fourth-order valence-electron chi connectivity index (χ4n) is 4.29. The lowest BCUT2D eigenvalue weighted by Crippen LogP contribution is -2.32. The first-order valence-electron chi connectivity index (χ1n) is 10.4. The SMILES string of the molecule is O=C(O)CSCCNC(O)CC1CCCCCCC2CC2CCCC1. The van der Waals surface area contributed by atoms with Crippen molar-refractivity contribution in [2.45, 2.75) is 83.3 Å². The van der Waals surface area contributed by atoms with Gasteiger partial charge >= 0.3 is 5.97 Å². The number of thioether (sulfide) groups is 1. The second-order valence-electron chi connectivity index (χ2n) is 8.05. The molecule has 0 saturated heterocycles. The summed E-state index contributed by atoms with van der Waals surface area (Å²) in [6.07, 6.45) is 15.4. The second-order valence-corrected chi connectivity index (χ2v) is 9.16. The van der Waals surface area contributed by atoms with Gasteiger partial charge in [0.15, 0.2) is 0 Å². The van der Waals surface area contributed by atoms with Gasteiger partial charge in [-0.2, -0.15) is 0 Å². The van der Waals surface area contributed by atoms with Crippen molar-refractivity contribution < 1.29 is 15.0 Å². The molecule has 0 spiro atoms. The van der Waals surface area contributed by atoms with E-state index in [1.165, 1.54) is 82.4 Å². The van der Waals surface area contributed by atoms with Crippen molar-refractivity contribution in [2.75, 3.05) is 18.1 Å². The van der Waals surface area contributed by atoms with Crippen LogP contribution in [0.3, 0.4) is 0 Å². The molecule has 0 aromatic carbocycles. The summed E-state index contributed by atoms with van der Waals surface area (Å²) in [6, 6.07) is 0. The minimum Gasteiger partial charge on any atom is -0.481 e. The quantitative estimate of drug-likeness (QED) is 0.439. The standard InChI is InChI=1S/C20H37NO3S/c22-19(21-11-12-25-15-20(23)24)13-16-7-3-1-2-4-9-17-14-18(17)10-6-5-8-16/h16-19,21-22H,1-15H2,(H,23,24). The molecule has 5 heteroatoms. The molecule has 146 valence electrons. The number of hydrogen-bond donors (Lipinski definition) is 3. The Morgan fingerprint density at radius 2 is 1.60 bits per heavy atom. The van der Waals surface area contributed by atoms with Gasteiger partial charge in [0.05, 0.1) is 5.75 Å². The lowest BCUT2D eigenvalue weighted by Gasteiger charge is -2.21. The number of fused-ring (bicyclic) bond motifs is 1. The zero-order chi connectivity index (χ0) is 17.9. The van der Waals surface area contributed by atoms with Crippen LogP contribution in [-0.2, 0) is 4.79 Å². The number of rotatable bonds is 8. The van der Waals surface area contributed by atoms with Gasteiger partial charge in [0.2, 0.25) is 0 Å². The highest BCUT2D eigenvalue weighted by atomic mass is 32.2. The van der Waals surface area contributed by atoms with Crippen LogP contribution in [-0.4, -0.2) is 40.5 Å². The summed E-state index contributed by atoms with van der Waals surface area (Å²) < 4.78 is 0. The molecular formula is C20H37NO3S. The third kappa shape index (κ3) is 9.86. The molecular weight excluding hydrogens is 334 g/mol. The van der Waals surface area contributed by atoms with Crippen LogP contribution in [0.2, 0.25) is 0 Å². The molecule has 0 aromatic heterocycles. The molecule has 0 heterocycles. The van der Waals surface area contributed by atoms with E-state index in [0.717, 1.165) is 24.0 Å². The van der Waals surface area contributed by atoms with Gasteiger partial charge in [-0.3, -0.25) is 10.1 Å². The highest BCUT2D eigenvalue weighted by Crippen LogP contribution is 2.46. The van der Waals surface area contributed by atoms with Gasteiger partial charge in [-0.1, -0.05) is 64.2 Å². The van der Waals surface area contributed by atoms with Crippen LogP contribution in [0.25, 0.3) is 0 Å². The van der Waals surface area contributed by atoms with Gasteiger partial charge in [0.25, 0.3) is 0 Å². The van der Waals surface area contributed by atoms with Gasteiger partial charge in [-0.15, -0.1) is 11.8 Å². The van der Waals surface area contributed by atoms with Crippen molar-refractivity contribution in [1.82, 2.24) is 5.32 Å². The summed E-state index contributed by atoms with van der Waals surface area (Å²) in [6.45, 7) is 0.675. The summed E-state index contributed by atoms with van der Waals surface area (Å²) in [5.41, 5.74) is 0. The third-order valence-corrected chi connectivity index (χ3v) is 6.80. The normalized spacial score (nSPS) is 29.6. The summed E-state index contributed by atoms with van der Waals surface area (Å²) in [5.74, 6) is 2.83. The van der Waals surface area contributed by atoms with Crippen molar-refractivity contribution >= 4 is 17.7 Å². The van der Waals surface area contributed by atoms with Gasteiger partial charge < -0.3 is 10.2 Å². The van der Waals surface area contributed by atoms with Crippen LogP contribution in [0.1, 0.15) is 77.0 Å². The van der Waals surface area contributed by atoms with Gasteiger partial charge in [-0.05, 0) is 30.6 Å². The van der Waals surface area contributed by atoms with Crippen molar-refractivity contribution in [2.24, 2.45) is 17.8 Å². The minimum absolute atomic E-state index is 0.141. The Morgan fingerprint density at radius 3 is 2.28 bits per heavy atom. The molecule has 0 bridgehead atoms. The van der Waals surface area contributed by atoms with Crippen LogP contribution < -0.4 is 5.32 Å². The first-order chi connectivity index (χ1) is 12.1. The lowest BCUT2D eigenvalue weighted by molar-refractivity contribution is -0.133. The van der Waals surface area contributed by atoms with E-state index >= 15 is 0 Å². The maximum atomic E-state index is 10.5. The Bertz CT molecular complexity index is 380. The zero-order valence-electron chi connectivity index (χ0n) is 15.6. The number of carbonyl (C=O) groups is 1. The van der Waals surface area contributed by atoms with E-state index in [-0.39, 0.29) is 5.75 Å². The van der Waals surface area contributed by atoms with Crippen LogP contribution in [0.15, 0.2) is 0 Å². The summed E-state index contributed by atoms with van der Waals surface area (Å²) in [5, 5.41) is 22.0. The molecule has 4 atom stereocenters. The van der Waals surface area contributed by atoms with Crippen molar-refractivity contribution in [1.29, 1.82) is 0 Å². The number of nitrogens with one attached hydrogen (secondary N) is 1. The van der Waals surface area contributed by atoms with Crippen molar-refractivity contribution in [3.63, 3.8) is 0 Å². The fourth-order valence-corrected chi connectivity index (χ4v) is 4.87. The molecule has 3 N–H and O–H groups in total. The van der Waals surface area contributed by atoms with E-state index < -0.39 is 12.2 Å². The smallest absolute Gasteiger partial charge is 0.313 e. The highest BCUT2D eigenvalue weighted by Gasteiger charge is 2.35. The number of aliphatic hydroxyl groups excluding tert-OH is 1. The Labute approximate surface area is 157 Å². The van der Waals surface area contributed by atoms with Crippen LogP contribution in [0.5, 0.6) is 0 Å². The lowest BCUT2D eigenvalue weighted by atomic mass is 9.91. The first kappa shape index (κ1) is 21.0. The van der Waals surface area contributed by atoms with Gasteiger partial charge in [-0.25, -0.2) is 0 Å². The number of hydrogen-bond acceptors (Lipinski definition) is 4. The summed E-state index contributed by atoms with van der Waals surface area (Å²) in [7, 11) is 0. The Morgan fingerprint density at radius 1 is 1.00 bits per heavy atom. The predicted molar refractivity (Wildman–Crippen MR) is 105 cm³/mol. The number of carboxylic acids is 1. The molecule has 2 aliphatic rings. The predicted octanol–water partition coefficient (Wildman–Crippen LogP) is 4.27. The molecule has 4 unspecified atom stereocenters. The van der Waals surface area contributed by atoms with E-state index in [9.17, 15) is 9.90 Å². The minimum atomic E-state index is -0.771. The van der Waals surface area contributed by atoms with Crippen molar-refractivity contribution in [3.05, 3.63) is 0 Å². The average molecular weight is 372 g/mol. The van der Waals surface area contributed by atoms with Gasteiger partial charge in [0, 0.05) is 12.3 Å². The molecule has 2 rings (SSSR count). The van der Waals surface area contributed by atoms with E-state index in [0.29, 0.717) is 12.5 Å². The molecule has 2 saturated carbocycles. The monoisotopic (exact) mass is 371 g/mol. The molecule has 0 aromatic rings. The van der Waals surface area contributed by atoms with Gasteiger partial charge in [0.1, 0.15) is 6.23 Å².